The Kier molecular flexibility index (Phi) is 8.94. The van der Waals surface area contributed by atoms with E-state index in [2.05, 4.69) is 22.4 Å². The van der Waals surface area contributed by atoms with E-state index >= 15 is 0 Å². The van der Waals surface area contributed by atoms with Gasteiger partial charge in [0.25, 0.3) is 5.91 Å². The first kappa shape index (κ1) is 27.1. The van der Waals surface area contributed by atoms with Gasteiger partial charge in [-0.05, 0) is 61.8 Å². The molecule has 0 radical (unpaired) electrons. The summed E-state index contributed by atoms with van der Waals surface area (Å²) in [5.74, 6) is -1.59. The average Bonchev–Trinajstić information content (AvgIpc) is 2.96. The number of benzene rings is 2. The highest BCUT2D eigenvalue weighted by atomic mass is 19.1. The third-order valence-electron chi connectivity index (χ3n) is 7.22. The molecule has 1 aromatic heterocycles. The van der Waals surface area contributed by atoms with Crippen molar-refractivity contribution in [3.63, 3.8) is 0 Å². The molecule has 4 unspecified atom stereocenters. The SMILES string of the molecule is COc1ccnc(C(=O)NC2CCCC(Cc3ccccc3)C(Cc3ccc(F)cc3)C(C)OC2=O)c1O. The molecule has 2 N–H and O–H groups in total. The van der Waals surface area contributed by atoms with Crippen LogP contribution >= 0.6 is 0 Å². The van der Waals surface area contributed by atoms with E-state index in [-0.39, 0.29) is 34.8 Å². The van der Waals surface area contributed by atoms with Gasteiger partial charge < -0.3 is 19.9 Å². The Hall–Kier alpha value is -3.94. The Labute approximate surface area is 222 Å². The molecule has 0 saturated carbocycles. The highest BCUT2D eigenvalue weighted by Gasteiger charge is 2.35. The molecule has 0 aliphatic carbocycles. The van der Waals surface area contributed by atoms with Crippen LogP contribution in [-0.2, 0) is 22.4 Å². The first-order valence-corrected chi connectivity index (χ1v) is 12.9. The zero-order chi connectivity index (χ0) is 27.1. The predicted octanol–water partition coefficient (Wildman–Crippen LogP) is 4.87. The van der Waals surface area contributed by atoms with Gasteiger partial charge in [-0.15, -0.1) is 0 Å². The molecule has 1 saturated heterocycles. The monoisotopic (exact) mass is 520 g/mol. The molecule has 3 aromatic rings. The summed E-state index contributed by atoms with van der Waals surface area (Å²) in [5, 5.41) is 13.0. The molecule has 1 amide bonds. The second-order valence-electron chi connectivity index (χ2n) is 9.75. The molecule has 1 aliphatic heterocycles. The fourth-order valence-corrected chi connectivity index (χ4v) is 5.17. The van der Waals surface area contributed by atoms with Gasteiger partial charge in [0.05, 0.1) is 7.11 Å². The molecule has 0 spiro atoms. The Balaban J connectivity index is 1.55. The van der Waals surface area contributed by atoms with Crippen molar-refractivity contribution in [1.82, 2.24) is 10.3 Å². The Bertz CT molecular complexity index is 1240. The number of esters is 1. The molecule has 2 aromatic carbocycles. The van der Waals surface area contributed by atoms with Crippen molar-refractivity contribution in [2.75, 3.05) is 7.11 Å². The quantitative estimate of drug-likeness (QED) is 0.432. The lowest BCUT2D eigenvalue weighted by molar-refractivity contribution is -0.153. The number of aromatic nitrogens is 1. The number of rotatable bonds is 7. The number of amides is 1. The zero-order valence-corrected chi connectivity index (χ0v) is 21.6. The minimum Gasteiger partial charge on any atom is -0.503 e. The van der Waals surface area contributed by atoms with E-state index in [1.54, 1.807) is 12.1 Å². The number of hydrogen-bond donors (Lipinski definition) is 2. The van der Waals surface area contributed by atoms with Gasteiger partial charge in [0, 0.05) is 18.2 Å². The van der Waals surface area contributed by atoms with Crippen molar-refractivity contribution >= 4 is 11.9 Å². The van der Waals surface area contributed by atoms with Crippen LogP contribution in [0, 0.1) is 17.7 Å². The molecular formula is C30H33FN2O5. The van der Waals surface area contributed by atoms with Gasteiger partial charge in [0.2, 0.25) is 0 Å². The fourth-order valence-electron chi connectivity index (χ4n) is 5.17. The minimum atomic E-state index is -0.890. The van der Waals surface area contributed by atoms with Gasteiger partial charge in [0.1, 0.15) is 18.0 Å². The summed E-state index contributed by atoms with van der Waals surface area (Å²) >= 11 is 0. The van der Waals surface area contributed by atoms with Gasteiger partial charge in [-0.2, -0.15) is 0 Å². The highest BCUT2D eigenvalue weighted by Crippen LogP contribution is 2.33. The lowest BCUT2D eigenvalue weighted by Gasteiger charge is -2.31. The van der Waals surface area contributed by atoms with Crippen LogP contribution in [0.2, 0.25) is 0 Å². The smallest absolute Gasteiger partial charge is 0.328 e. The molecule has 1 aliphatic rings. The van der Waals surface area contributed by atoms with Gasteiger partial charge in [-0.3, -0.25) is 4.79 Å². The minimum absolute atomic E-state index is 0.0110. The van der Waals surface area contributed by atoms with Crippen LogP contribution in [0.4, 0.5) is 4.39 Å². The van der Waals surface area contributed by atoms with Gasteiger partial charge in [0.15, 0.2) is 17.2 Å². The number of pyridine rings is 1. The maximum atomic E-state index is 13.5. The molecule has 200 valence electrons. The van der Waals surface area contributed by atoms with Crippen molar-refractivity contribution in [1.29, 1.82) is 0 Å². The fraction of sp³-hybridized carbons (Fsp3) is 0.367. The summed E-state index contributed by atoms with van der Waals surface area (Å²) in [7, 11) is 1.38. The van der Waals surface area contributed by atoms with Crippen LogP contribution in [0.3, 0.4) is 0 Å². The van der Waals surface area contributed by atoms with E-state index in [0.29, 0.717) is 19.3 Å². The predicted molar refractivity (Wildman–Crippen MR) is 140 cm³/mol. The lowest BCUT2D eigenvalue weighted by atomic mass is 9.77. The number of methoxy groups -OCH3 is 1. The van der Waals surface area contributed by atoms with E-state index in [0.717, 1.165) is 18.4 Å². The number of nitrogens with one attached hydrogen (secondary N) is 1. The number of nitrogens with zero attached hydrogens (tertiary/aromatic N) is 1. The van der Waals surface area contributed by atoms with E-state index in [1.165, 1.54) is 37.1 Å². The summed E-state index contributed by atoms with van der Waals surface area (Å²) in [4.78, 5) is 30.1. The topological polar surface area (TPSA) is 97.8 Å². The Morgan fingerprint density at radius 3 is 2.50 bits per heavy atom. The van der Waals surface area contributed by atoms with Crippen LogP contribution in [0.5, 0.6) is 11.5 Å². The lowest BCUT2D eigenvalue weighted by Crippen LogP contribution is -2.43. The van der Waals surface area contributed by atoms with Crippen molar-refractivity contribution in [3.05, 3.63) is 89.5 Å². The second-order valence-corrected chi connectivity index (χ2v) is 9.75. The normalized spacial score (nSPS) is 21.9. The van der Waals surface area contributed by atoms with Crippen LogP contribution in [-0.4, -0.2) is 41.2 Å². The number of halogens is 1. The van der Waals surface area contributed by atoms with Crippen LogP contribution < -0.4 is 10.1 Å². The third kappa shape index (κ3) is 6.68. The number of hydrogen-bond acceptors (Lipinski definition) is 6. The van der Waals surface area contributed by atoms with E-state index in [9.17, 15) is 19.1 Å². The summed E-state index contributed by atoms with van der Waals surface area (Å²) in [6.45, 7) is 1.88. The first-order valence-electron chi connectivity index (χ1n) is 12.9. The third-order valence-corrected chi connectivity index (χ3v) is 7.22. The first-order chi connectivity index (χ1) is 18.4. The van der Waals surface area contributed by atoms with Crippen molar-refractivity contribution in [3.8, 4) is 11.5 Å². The Morgan fingerprint density at radius 2 is 1.79 bits per heavy atom. The number of cyclic esters (lactones) is 1. The van der Waals surface area contributed by atoms with Gasteiger partial charge in [-0.25, -0.2) is 14.2 Å². The van der Waals surface area contributed by atoms with Crippen LogP contribution in [0.1, 0.15) is 47.8 Å². The van der Waals surface area contributed by atoms with Crippen molar-refractivity contribution in [2.45, 2.75) is 51.2 Å². The second kappa shape index (κ2) is 12.5. The largest absolute Gasteiger partial charge is 0.503 e. The molecule has 38 heavy (non-hydrogen) atoms. The number of aromatic hydroxyl groups is 1. The van der Waals surface area contributed by atoms with E-state index in [1.807, 2.05) is 25.1 Å². The molecular weight excluding hydrogens is 487 g/mol. The number of carbonyl (C=O) groups excluding carboxylic acids is 2. The van der Waals surface area contributed by atoms with E-state index < -0.39 is 24.0 Å². The average molecular weight is 521 g/mol. The molecule has 0 bridgehead atoms. The van der Waals surface area contributed by atoms with Gasteiger partial charge >= 0.3 is 5.97 Å². The molecule has 2 heterocycles. The maximum Gasteiger partial charge on any atom is 0.328 e. The van der Waals surface area contributed by atoms with Crippen LogP contribution in [0.25, 0.3) is 0 Å². The molecule has 4 atom stereocenters. The van der Waals surface area contributed by atoms with Crippen LogP contribution in [0.15, 0.2) is 66.9 Å². The molecule has 8 heteroatoms. The van der Waals surface area contributed by atoms with Crippen molar-refractivity contribution in [2.24, 2.45) is 11.8 Å². The maximum absolute atomic E-state index is 13.5. The molecule has 4 rings (SSSR count). The summed E-state index contributed by atoms with van der Waals surface area (Å²) in [6, 6.07) is 17.2. The number of carbonyl (C=O) groups is 2. The summed E-state index contributed by atoms with van der Waals surface area (Å²) < 4.78 is 24.5. The highest BCUT2D eigenvalue weighted by molar-refractivity contribution is 5.97. The number of ether oxygens (including phenoxy) is 2. The van der Waals surface area contributed by atoms with E-state index in [4.69, 9.17) is 9.47 Å². The summed E-state index contributed by atoms with van der Waals surface area (Å²) in [6.07, 6.45) is 4.24. The standard InChI is InChI=1S/C30H33FN2O5/c1-19-24(18-21-11-13-23(31)14-12-21)22(17-20-7-4-3-5-8-20)9-6-10-25(30(36)38-19)33-29(35)27-28(34)26(37-2)15-16-32-27/h3-5,7-8,11-16,19,22,24-25,34H,6,9-10,17-18H2,1-2H3,(H,33,35). The zero-order valence-electron chi connectivity index (χ0n) is 21.6. The Morgan fingerprint density at radius 1 is 1.08 bits per heavy atom. The summed E-state index contributed by atoms with van der Waals surface area (Å²) in [5.41, 5.74) is 1.95. The van der Waals surface area contributed by atoms with Gasteiger partial charge in [-0.1, -0.05) is 48.9 Å². The van der Waals surface area contributed by atoms with Crippen molar-refractivity contribution < 1.29 is 28.6 Å². The molecule has 1 fully saturated rings. The molecule has 7 nitrogen and oxygen atoms in total.